The summed E-state index contributed by atoms with van der Waals surface area (Å²) in [7, 11) is 4.10. The maximum Gasteiger partial charge on any atom is 0.251 e. The van der Waals surface area contributed by atoms with E-state index in [-0.39, 0.29) is 18.1 Å². The highest BCUT2D eigenvalue weighted by molar-refractivity contribution is 5.94. The van der Waals surface area contributed by atoms with Crippen LogP contribution in [0.4, 0.5) is 11.4 Å². The smallest absolute Gasteiger partial charge is 0.251 e. The molecule has 36 heavy (non-hydrogen) atoms. The summed E-state index contributed by atoms with van der Waals surface area (Å²) in [5.74, 6) is 0.709. The van der Waals surface area contributed by atoms with Gasteiger partial charge in [0, 0.05) is 63.8 Å². The third kappa shape index (κ3) is 6.58. The second-order valence-corrected chi connectivity index (χ2v) is 9.76. The number of ether oxygens (including phenoxy) is 1. The average Bonchev–Trinajstić information content (AvgIpc) is 2.90. The zero-order chi connectivity index (χ0) is 25.5. The van der Waals surface area contributed by atoms with Crippen molar-refractivity contribution in [2.75, 3.05) is 56.6 Å². The number of anilines is 2. The van der Waals surface area contributed by atoms with Crippen molar-refractivity contribution in [3.8, 4) is 5.75 Å². The Labute approximate surface area is 215 Å². The number of hydrogen-bond acceptors (Lipinski definition) is 5. The number of piperazine rings is 1. The number of benzene rings is 3. The highest BCUT2D eigenvalue weighted by Crippen LogP contribution is 2.26. The van der Waals surface area contributed by atoms with Crippen LogP contribution in [0.2, 0.25) is 0 Å². The molecule has 1 aliphatic heterocycles. The Hall–Kier alpha value is -3.51. The lowest BCUT2D eigenvalue weighted by Crippen LogP contribution is -2.50. The molecule has 1 N–H and O–H groups in total. The van der Waals surface area contributed by atoms with Crippen LogP contribution in [0.25, 0.3) is 0 Å². The van der Waals surface area contributed by atoms with Gasteiger partial charge in [0.1, 0.15) is 5.75 Å². The third-order valence-corrected chi connectivity index (χ3v) is 6.61. The molecule has 6 nitrogen and oxygen atoms in total. The van der Waals surface area contributed by atoms with Crippen LogP contribution in [-0.4, -0.2) is 63.7 Å². The fourth-order valence-corrected chi connectivity index (χ4v) is 4.63. The summed E-state index contributed by atoms with van der Waals surface area (Å²) in [5.41, 5.74) is 4.29. The number of carbonyl (C=O) groups is 1. The molecule has 0 aromatic heterocycles. The molecule has 1 amide bonds. The van der Waals surface area contributed by atoms with Gasteiger partial charge >= 0.3 is 0 Å². The predicted molar refractivity (Wildman–Crippen MR) is 148 cm³/mol. The van der Waals surface area contributed by atoms with Crippen LogP contribution >= 0.6 is 0 Å². The molecule has 6 heteroatoms. The van der Waals surface area contributed by atoms with Gasteiger partial charge in [-0.05, 0) is 67.9 Å². The Morgan fingerprint density at radius 1 is 0.889 bits per heavy atom. The van der Waals surface area contributed by atoms with Gasteiger partial charge in [0.05, 0.1) is 12.1 Å². The number of para-hydroxylation sites is 1. The minimum Gasteiger partial charge on any atom is -0.491 e. The van der Waals surface area contributed by atoms with Gasteiger partial charge in [-0.3, -0.25) is 9.69 Å². The van der Waals surface area contributed by atoms with Crippen LogP contribution in [0.5, 0.6) is 5.75 Å². The fraction of sp³-hybridized carbons (Fsp3) is 0.367. The number of nitrogens with one attached hydrogen (secondary N) is 1. The van der Waals surface area contributed by atoms with Gasteiger partial charge in [0.2, 0.25) is 0 Å². The predicted octanol–water partition coefficient (Wildman–Crippen LogP) is 4.83. The molecule has 0 bridgehead atoms. The SMILES string of the molecule is CC(C)Oc1ccc(C(=O)NC[C@H](c2ccc(N(C)C)cc2)N2CCN(c3ccccc3)CC2)cc1. The summed E-state index contributed by atoms with van der Waals surface area (Å²) >= 11 is 0. The third-order valence-electron chi connectivity index (χ3n) is 6.61. The topological polar surface area (TPSA) is 48.1 Å². The van der Waals surface area contributed by atoms with E-state index in [1.165, 1.54) is 16.9 Å². The van der Waals surface area contributed by atoms with Crippen molar-refractivity contribution in [2.45, 2.75) is 26.0 Å². The fourth-order valence-electron chi connectivity index (χ4n) is 4.63. The first kappa shape index (κ1) is 25.6. The summed E-state index contributed by atoms with van der Waals surface area (Å²) in [4.78, 5) is 20.0. The molecule has 3 aromatic rings. The van der Waals surface area contributed by atoms with Crippen LogP contribution in [0.15, 0.2) is 78.9 Å². The van der Waals surface area contributed by atoms with Crippen molar-refractivity contribution in [1.29, 1.82) is 0 Å². The van der Waals surface area contributed by atoms with E-state index in [4.69, 9.17) is 4.74 Å². The lowest BCUT2D eigenvalue weighted by Gasteiger charge is -2.40. The van der Waals surface area contributed by atoms with Gasteiger partial charge in [-0.25, -0.2) is 0 Å². The van der Waals surface area contributed by atoms with E-state index in [0.717, 1.165) is 31.9 Å². The minimum absolute atomic E-state index is 0.0658. The summed E-state index contributed by atoms with van der Waals surface area (Å²) in [6.45, 7) is 8.33. The van der Waals surface area contributed by atoms with Crippen molar-refractivity contribution in [3.63, 3.8) is 0 Å². The Bertz CT molecular complexity index is 1090. The van der Waals surface area contributed by atoms with Crippen LogP contribution in [-0.2, 0) is 0 Å². The van der Waals surface area contributed by atoms with Gasteiger partial charge < -0.3 is 19.9 Å². The zero-order valence-electron chi connectivity index (χ0n) is 21.9. The Balaban J connectivity index is 1.45. The van der Waals surface area contributed by atoms with Crippen LogP contribution < -0.4 is 19.9 Å². The number of hydrogen-bond donors (Lipinski definition) is 1. The largest absolute Gasteiger partial charge is 0.491 e. The second-order valence-electron chi connectivity index (χ2n) is 9.76. The monoisotopic (exact) mass is 486 g/mol. The second kappa shape index (κ2) is 12.0. The molecule has 0 spiro atoms. The van der Waals surface area contributed by atoms with E-state index in [9.17, 15) is 4.79 Å². The molecular weight excluding hydrogens is 448 g/mol. The highest BCUT2D eigenvalue weighted by Gasteiger charge is 2.26. The Morgan fingerprint density at radius 3 is 2.11 bits per heavy atom. The molecule has 4 rings (SSSR count). The average molecular weight is 487 g/mol. The van der Waals surface area contributed by atoms with E-state index in [1.54, 1.807) is 0 Å². The van der Waals surface area contributed by atoms with E-state index >= 15 is 0 Å². The van der Waals surface area contributed by atoms with Crippen molar-refractivity contribution >= 4 is 17.3 Å². The molecule has 0 unspecified atom stereocenters. The molecule has 0 radical (unpaired) electrons. The van der Waals surface area contributed by atoms with Gasteiger partial charge in [-0.1, -0.05) is 30.3 Å². The van der Waals surface area contributed by atoms with Crippen LogP contribution in [0.3, 0.4) is 0 Å². The van der Waals surface area contributed by atoms with Gasteiger partial charge in [-0.15, -0.1) is 0 Å². The summed E-state index contributed by atoms with van der Waals surface area (Å²) in [6, 6.07) is 26.7. The molecule has 1 heterocycles. The summed E-state index contributed by atoms with van der Waals surface area (Å²) < 4.78 is 5.71. The number of rotatable bonds is 9. The first-order valence-corrected chi connectivity index (χ1v) is 12.8. The Kier molecular flexibility index (Phi) is 8.49. The Morgan fingerprint density at radius 2 is 1.53 bits per heavy atom. The van der Waals surface area contributed by atoms with Crippen LogP contribution in [0, 0.1) is 0 Å². The minimum atomic E-state index is -0.0658. The summed E-state index contributed by atoms with van der Waals surface area (Å²) in [5, 5.41) is 3.19. The van der Waals surface area contributed by atoms with Crippen molar-refractivity contribution in [2.24, 2.45) is 0 Å². The van der Waals surface area contributed by atoms with Gasteiger partial charge in [-0.2, -0.15) is 0 Å². The molecule has 0 aliphatic carbocycles. The maximum absolute atomic E-state index is 13.0. The lowest BCUT2D eigenvalue weighted by atomic mass is 10.0. The standard InChI is InChI=1S/C30H38N4O2/c1-23(2)36-28-16-12-25(13-17-28)30(35)31-22-29(24-10-14-26(15-11-24)32(3)4)34-20-18-33(19-21-34)27-8-6-5-7-9-27/h5-17,23,29H,18-22H2,1-4H3,(H,31,35)/t29-/m1/s1. The maximum atomic E-state index is 13.0. The van der Waals surface area contributed by atoms with Crippen LogP contribution in [0.1, 0.15) is 35.8 Å². The first-order valence-electron chi connectivity index (χ1n) is 12.8. The summed E-state index contributed by atoms with van der Waals surface area (Å²) in [6.07, 6.45) is 0.103. The molecule has 3 aromatic carbocycles. The molecule has 0 saturated carbocycles. The number of amides is 1. The molecule has 190 valence electrons. The van der Waals surface area contributed by atoms with E-state index in [1.807, 2.05) is 52.2 Å². The van der Waals surface area contributed by atoms with E-state index in [2.05, 4.69) is 74.6 Å². The zero-order valence-corrected chi connectivity index (χ0v) is 21.9. The van der Waals surface area contributed by atoms with E-state index < -0.39 is 0 Å². The normalized spacial score (nSPS) is 15.0. The van der Waals surface area contributed by atoms with E-state index in [0.29, 0.717) is 12.1 Å². The molecular formula is C30H38N4O2. The van der Waals surface area contributed by atoms with Crippen molar-refractivity contribution in [1.82, 2.24) is 10.2 Å². The number of carbonyl (C=O) groups excluding carboxylic acids is 1. The first-order chi connectivity index (χ1) is 17.4. The van der Waals surface area contributed by atoms with Gasteiger partial charge in [0.25, 0.3) is 5.91 Å². The molecule has 1 aliphatic rings. The number of nitrogens with zero attached hydrogens (tertiary/aromatic N) is 3. The van der Waals surface area contributed by atoms with Crippen molar-refractivity contribution < 1.29 is 9.53 Å². The molecule has 1 atom stereocenters. The lowest BCUT2D eigenvalue weighted by molar-refractivity contribution is 0.0930. The van der Waals surface area contributed by atoms with Gasteiger partial charge in [0.15, 0.2) is 0 Å². The molecule has 1 fully saturated rings. The quantitative estimate of drug-likeness (QED) is 0.469. The molecule has 1 saturated heterocycles. The highest BCUT2D eigenvalue weighted by atomic mass is 16.5. The van der Waals surface area contributed by atoms with Crippen molar-refractivity contribution in [3.05, 3.63) is 90.0 Å².